The molecule has 0 aliphatic carbocycles. The first-order valence-corrected chi connectivity index (χ1v) is 9.35. The van der Waals surface area contributed by atoms with E-state index in [2.05, 4.69) is 24.1 Å². The highest BCUT2D eigenvalue weighted by molar-refractivity contribution is 6.45. The van der Waals surface area contributed by atoms with E-state index in [1.165, 1.54) is 4.90 Å². The Morgan fingerprint density at radius 1 is 1.24 bits per heavy atom. The van der Waals surface area contributed by atoms with E-state index in [9.17, 15) is 4.79 Å². The SMILES string of the molecule is CCOC(=O)c1c[nH+]c2c(Cl)c(Cl)ccc2c1NCC[NH+](CC)CC. The number of H-pyrrole nitrogens is 1. The van der Waals surface area contributed by atoms with Gasteiger partial charge in [0, 0.05) is 0 Å². The van der Waals surface area contributed by atoms with Crippen LogP contribution in [0.3, 0.4) is 0 Å². The number of nitrogens with one attached hydrogen (secondary N) is 3. The van der Waals surface area contributed by atoms with E-state index in [4.69, 9.17) is 27.9 Å². The summed E-state index contributed by atoms with van der Waals surface area (Å²) >= 11 is 12.4. The maximum Gasteiger partial charge on any atom is 0.346 e. The zero-order valence-corrected chi connectivity index (χ0v) is 16.4. The number of rotatable bonds is 8. The molecule has 1 aromatic heterocycles. The molecular formula is C18H25Cl2N3O2+2. The van der Waals surface area contributed by atoms with E-state index < -0.39 is 0 Å². The Labute approximate surface area is 158 Å². The highest BCUT2D eigenvalue weighted by Crippen LogP contribution is 2.33. The third kappa shape index (κ3) is 4.54. The summed E-state index contributed by atoms with van der Waals surface area (Å²) < 4.78 is 5.18. The van der Waals surface area contributed by atoms with E-state index >= 15 is 0 Å². The molecule has 0 fully saturated rings. The third-order valence-electron chi connectivity index (χ3n) is 4.27. The molecule has 0 aliphatic rings. The minimum Gasteiger partial charge on any atom is -0.462 e. The van der Waals surface area contributed by atoms with Crippen LogP contribution in [0.25, 0.3) is 10.9 Å². The first-order chi connectivity index (χ1) is 12.0. The maximum absolute atomic E-state index is 12.3. The molecule has 5 nitrogen and oxygen atoms in total. The van der Waals surface area contributed by atoms with Gasteiger partial charge in [-0.1, -0.05) is 23.2 Å². The maximum atomic E-state index is 12.3. The van der Waals surface area contributed by atoms with Gasteiger partial charge in [-0.15, -0.1) is 0 Å². The van der Waals surface area contributed by atoms with Crippen molar-refractivity contribution < 1.29 is 19.4 Å². The summed E-state index contributed by atoms with van der Waals surface area (Å²) in [7, 11) is 0. The molecule has 136 valence electrons. The van der Waals surface area contributed by atoms with Crippen molar-refractivity contribution in [1.29, 1.82) is 0 Å². The second-order valence-corrected chi connectivity index (χ2v) is 6.50. The zero-order chi connectivity index (χ0) is 18.4. The normalized spacial score (nSPS) is 11.1. The Hall–Kier alpha value is -1.56. The summed E-state index contributed by atoms with van der Waals surface area (Å²) in [6, 6.07) is 3.59. The average molecular weight is 386 g/mol. The molecule has 1 heterocycles. The lowest BCUT2D eigenvalue weighted by atomic mass is 10.1. The number of likely N-dealkylation sites (N-methyl/N-ethyl adjacent to an activating group) is 1. The van der Waals surface area contributed by atoms with Crippen molar-refractivity contribution in [2.75, 3.05) is 38.1 Å². The number of hydrogen-bond acceptors (Lipinski definition) is 3. The van der Waals surface area contributed by atoms with Crippen LogP contribution in [0.5, 0.6) is 0 Å². The van der Waals surface area contributed by atoms with Gasteiger partial charge < -0.3 is 15.0 Å². The molecule has 2 rings (SSSR count). The number of hydrogen-bond donors (Lipinski definition) is 2. The number of aromatic nitrogens is 1. The predicted octanol–water partition coefficient (Wildman–Crippen LogP) is 2.47. The van der Waals surface area contributed by atoms with Crippen LogP contribution in [0.4, 0.5) is 5.69 Å². The number of pyridine rings is 1. The smallest absolute Gasteiger partial charge is 0.346 e. The average Bonchev–Trinajstić information content (AvgIpc) is 2.62. The van der Waals surface area contributed by atoms with Crippen LogP contribution < -0.4 is 15.2 Å². The number of quaternary nitrogens is 1. The first kappa shape index (κ1) is 19.8. The number of benzene rings is 1. The molecule has 0 radical (unpaired) electrons. The Morgan fingerprint density at radius 2 is 1.96 bits per heavy atom. The fraction of sp³-hybridized carbons (Fsp3) is 0.444. The van der Waals surface area contributed by atoms with E-state index in [1.807, 2.05) is 6.07 Å². The van der Waals surface area contributed by atoms with Crippen molar-refractivity contribution in [2.45, 2.75) is 20.8 Å². The first-order valence-electron chi connectivity index (χ1n) is 8.60. The Kier molecular flexibility index (Phi) is 7.29. The number of carbonyl (C=O) groups is 1. The summed E-state index contributed by atoms with van der Waals surface area (Å²) in [5, 5.41) is 5.11. The van der Waals surface area contributed by atoms with Crippen molar-refractivity contribution in [3.8, 4) is 0 Å². The predicted molar refractivity (Wildman–Crippen MR) is 102 cm³/mol. The van der Waals surface area contributed by atoms with Gasteiger partial charge in [0.05, 0.1) is 48.9 Å². The van der Waals surface area contributed by atoms with Gasteiger partial charge in [0.2, 0.25) is 5.52 Å². The van der Waals surface area contributed by atoms with Gasteiger partial charge in [0.15, 0.2) is 6.20 Å². The van der Waals surface area contributed by atoms with Crippen molar-refractivity contribution in [1.82, 2.24) is 0 Å². The standard InChI is InChI=1S/C18H23Cl2N3O2/c1-4-23(5-2)10-9-21-16-12-7-8-14(19)15(20)17(12)22-11-13(16)18(24)25-6-3/h7-8,11H,4-6,9-10H2,1-3H3,(H,21,22)/p+2. The minimum absolute atomic E-state index is 0.321. The quantitative estimate of drug-likeness (QED) is 0.686. The monoisotopic (exact) mass is 385 g/mol. The van der Waals surface area contributed by atoms with Crippen LogP contribution >= 0.6 is 23.2 Å². The number of ether oxygens (including phenoxy) is 1. The summed E-state index contributed by atoms with van der Waals surface area (Å²) in [4.78, 5) is 16.9. The molecule has 0 amide bonds. The van der Waals surface area contributed by atoms with Crippen LogP contribution in [0.1, 0.15) is 31.1 Å². The van der Waals surface area contributed by atoms with Crippen LogP contribution in [0, 0.1) is 0 Å². The molecule has 0 unspecified atom stereocenters. The summed E-state index contributed by atoms with van der Waals surface area (Å²) in [6.45, 7) is 10.3. The number of halogens is 2. The van der Waals surface area contributed by atoms with Gasteiger partial charge in [-0.3, -0.25) is 0 Å². The molecule has 3 N–H and O–H groups in total. The number of esters is 1. The number of aromatic amines is 1. The Morgan fingerprint density at radius 3 is 2.60 bits per heavy atom. The molecule has 25 heavy (non-hydrogen) atoms. The lowest BCUT2D eigenvalue weighted by Gasteiger charge is -2.17. The highest BCUT2D eigenvalue weighted by Gasteiger charge is 2.22. The lowest BCUT2D eigenvalue weighted by Crippen LogP contribution is -3.12. The molecule has 1 aromatic carbocycles. The van der Waals surface area contributed by atoms with E-state index in [-0.39, 0.29) is 5.97 Å². The topological polar surface area (TPSA) is 56.9 Å². The Bertz CT molecular complexity index is 749. The van der Waals surface area contributed by atoms with Gasteiger partial charge in [-0.25, -0.2) is 9.78 Å². The minimum atomic E-state index is -0.371. The van der Waals surface area contributed by atoms with E-state index in [1.54, 1.807) is 19.2 Å². The van der Waals surface area contributed by atoms with Crippen molar-refractivity contribution in [3.05, 3.63) is 33.9 Å². The van der Waals surface area contributed by atoms with Crippen LogP contribution in [-0.4, -0.2) is 38.8 Å². The number of fused-ring (bicyclic) bond motifs is 1. The zero-order valence-electron chi connectivity index (χ0n) is 14.8. The Balaban J connectivity index is 2.42. The van der Waals surface area contributed by atoms with Crippen LogP contribution in [0.15, 0.2) is 18.3 Å². The van der Waals surface area contributed by atoms with E-state index in [0.29, 0.717) is 27.7 Å². The molecule has 0 atom stereocenters. The van der Waals surface area contributed by atoms with Crippen LogP contribution in [-0.2, 0) is 4.74 Å². The van der Waals surface area contributed by atoms with Crippen molar-refractivity contribution in [2.24, 2.45) is 0 Å². The summed E-state index contributed by atoms with van der Waals surface area (Å²) in [6.07, 6.45) is 1.62. The fourth-order valence-corrected chi connectivity index (χ4v) is 3.17. The molecule has 0 bridgehead atoms. The molecular weight excluding hydrogens is 361 g/mol. The fourth-order valence-electron chi connectivity index (χ4n) is 2.79. The largest absolute Gasteiger partial charge is 0.462 e. The van der Waals surface area contributed by atoms with Gasteiger partial charge in [0.25, 0.3) is 0 Å². The molecule has 7 heteroatoms. The van der Waals surface area contributed by atoms with Gasteiger partial charge in [-0.05, 0) is 32.9 Å². The summed E-state index contributed by atoms with van der Waals surface area (Å²) in [5.41, 5.74) is 1.87. The lowest BCUT2D eigenvalue weighted by molar-refractivity contribution is -0.894. The second-order valence-electron chi connectivity index (χ2n) is 5.72. The number of carbonyl (C=O) groups excluding carboxylic acids is 1. The van der Waals surface area contributed by atoms with Gasteiger partial charge in [-0.2, -0.15) is 0 Å². The van der Waals surface area contributed by atoms with Crippen molar-refractivity contribution in [3.63, 3.8) is 0 Å². The highest BCUT2D eigenvalue weighted by atomic mass is 35.5. The molecule has 0 saturated heterocycles. The van der Waals surface area contributed by atoms with Crippen molar-refractivity contribution >= 4 is 45.8 Å². The number of anilines is 1. The molecule has 0 spiro atoms. The van der Waals surface area contributed by atoms with E-state index in [0.717, 1.165) is 37.3 Å². The second kappa shape index (κ2) is 9.22. The molecule has 2 aromatic rings. The third-order valence-corrected chi connectivity index (χ3v) is 5.07. The summed E-state index contributed by atoms with van der Waals surface area (Å²) in [5.74, 6) is -0.371. The molecule has 0 saturated carbocycles. The van der Waals surface area contributed by atoms with Gasteiger partial charge >= 0.3 is 5.97 Å². The van der Waals surface area contributed by atoms with Gasteiger partial charge in [0.1, 0.15) is 10.6 Å². The molecule has 0 aliphatic heterocycles. The van der Waals surface area contributed by atoms with Crippen LogP contribution in [0.2, 0.25) is 10.0 Å².